The van der Waals surface area contributed by atoms with Gasteiger partial charge in [-0.3, -0.25) is 20.2 Å². The van der Waals surface area contributed by atoms with Crippen molar-refractivity contribution < 1.29 is 19.4 Å². The number of rotatable bonds is 4. The normalized spacial score (nSPS) is 21.1. The number of nitro benzene ring substituents is 2. The summed E-state index contributed by atoms with van der Waals surface area (Å²) in [5.41, 5.74) is -1.17. The zero-order chi connectivity index (χ0) is 16.3. The summed E-state index contributed by atoms with van der Waals surface area (Å²) in [6.45, 7) is 2.07. The van der Waals surface area contributed by atoms with Crippen molar-refractivity contribution in [2.75, 3.05) is 0 Å². The molecule has 0 unspecified atom stereocenters. The van der Waals surface area contributed by atoms with E-state index in [1.165, 1.54) is 0 Å². The number of benzene rings is 1. The lowest BCUT2D eigenvalue weighted by Gasteiger charge is -2.26. The van der Waals surface area contributed by atoms with E-state index in [0.29, 0.717) is 5.92 Å². The number of hydrogen-bond acceptors (Lipinski definition) is 6. The highest BCUT2D eigenvalue weighted by Crippen LogP contribution is 2.28. The van der Waals surface area contributed by atoms with E-state index in [1.54, 1.807) is 0 Å². The van der Waals surface area contributed by atoms with Crippen LogP contribution in [0.1, 0.15) is 43.0 Å². The average Bonchev–Trinajstić information content (AvgIpc) is 2.46. The van der Waals surface area contributed by atoms with Crippen LogP contribution in [-0.2, 0) is 4.74 Å². The fourth-order valence-corrected chi connectivity index (χ4v) is 2.63. The highest BCUT2D eigenvalue weighted by Gasteiger charge is 2.25. The molecule has 0 heterocycles. The summed E-state index contributed by atoms with van der Waals surface area (Å²) >= 11 is 0. The molecule has 1 fully saturated rings. The Labute approximate surface area is 126 Å². The van der Waals surface area contributed by atoms with Crippen LogP contribution in [0.25, 0.3) is 0 Å². The lowest BCUT2D eigenvalue weighted by molar-refractivity contribution is -0.394. The molecule has 22 heavy (non-hydrogen) atoms. The number of nitro groups is 2. The molecule has 0 N–H and O–H groups in total. The maximum Gasteiger partial charge on any atom is 0.338 e. The van der Waals surface area contributed by atoms with Crippen molar-refractivity contribution in [2.24, 2.45) is 5.92 Å². The third-order valence-electron chi connectivity index (χ3n) is 3.72. The molecule has 0 spiro atoms. The minimum atomic E-state index is -0.771. The molecular formula is C14H16N2O6. The van der Waals surface area contributed by atoms with Gasteiger partial charge in [-0.05, 0) is 25.2 Å². The van der Waals surface area contributed by atoms with Crippen LogP contribution in [0.2, 0.25) is 0 Å². The fraction of sp³-hybridized carbons (Fsp3) is 0.500. The van der Waals surface area contributed by atoms with Crippen molar-refractivity contribution in [3.63, 3.8) is 0 Å². The number of ether oxygens (including phenoxy) is 1. The number of non-ortho nitro benzene ring substituents is 2. The Kier molecular flexibility index (Phi) is 4.69. The van der Waals surface area contributed by atoms with Gasteiger partial charge in [0.15, 0.2) is 0 Å². The molecule has 2 atom stereocenters. The molecule has 8 nitrogen and oxygen atoms in total. The van der Waals surface area contributed by atoms with Gasteiger partial charge < -0.3 is 4.74 Å². The fourth-order valence-electron chi connectivity index (χ4n) is 2.63. The minimum Gasteiger partial charge on any atom is -0.459 e. The highest BCUT2D eigenvalue weighted by atomic mass is 16.6. The zero-order valence-electron chi connectivity index (χ0n) is 12.1. The summed E-state index contributed by atoms with van der Waals surface area (Å²) in [5, 5.41) is 21.6. The predicted octanol–water partition coefficient (Wildman–Crippen LogP) is 3.24. The third kappa shape index (κ3) is 3.78. The van der Waals surface area contributed by atoms with Gasteiger partial charge in [-0.15, -0.1) is 0 Å². The molecule has 1 aromatic carbocycles. The maximum absolute atomic E-state index is 12.1. The molecule has 0 radical (unpaired) electrons. The Hall–Kier alpha value is -2.51. The van der Waals surface area contributed by atoms with E-state index in [4.69, 9.17) is 4.74 Å². The molecule has 1 aromatic rings. The van der Waals surface area contributed by atoms with Crippen LogP contribution in [0.15, 0.2) is 18.2 Å². The molecule has 1 saturated carbocycles. The molecule has 0 aromatic heterocycles. The van der Waals surface area contributed by atoms with Crippen LogP contribution >= 0.6 is 0 Å². The first kappa shape index (κ1) is 15.9. The van der Waals surface area contributed by atoms with E-state index < -0.39 is 27.2 Å². The Morgan fingerprint density at radius 3 is 2.23 bits per heavy atom. The summed E-state index contributed by atoms with van der Waals surface area (Å²) in [5.74, 6) is -0.308. The monoisotopic (exact) mass is 308 g/mol. The minimum absolute atomic E-state index is 0.167. The summed E-state index contributed by atoms with van der Waals surface area (Å²) < 4.78 is 5.33. The van der Waals surface area contributed by atoms with Gasteiger partial charge in [-0.25, -0.2) is 4.79 Å². The van der Waals surface area contributed by atoms with E-state index in [2.05, 4.69) is 6.92 Å². The largest absolute Gasteiger partial charge is 0.459 e. The quantitative estimate of drug-likeness (QED) is 0.479. The topological polar surface area (TPSA) is 113 Å². The molecule has 0 aliphatic heterocycles. The van der Waals surface area contributed by atoms with Crippen LogP contribution < -0.4 is 0 Å². The Bertz CT molecular complexity index is 583. The van der Waals surface area contributed by atoms with Gasteiger partial charge >= 0.3 is 5.97 Å². The molecule has 0 bridgehead atoms. The SMILES string of the molecule is C[C@@H]1CCC[C@H](OC(=O)c2cc([N+](=O)[O-])cc([N+](=O)[O-])c2)C1. The lowest BCUT2D eigenvalue weighted by atomic mass is 9.89. The zero-order valence-corrected chi connectivity index (χ0v) is 12.1. The van der Waals surface area contributed by atoms with E-state index in [9.17, 15) is 25.0 Å². The Morgan fingerprint density at radius 2 is 1.73 bits per heavy atom. The number of nitrogens with zero attached hydrogens (tertiary/aromatic N) is 2. The second-order valence-electron chi connectivity index (χ2n) is 5.55. The summed E-state index contributed by atoms with van der Waals surface area (Å²) in [4.78, 5) is 32.2. The highest BCUT2D eigenvalue weighted by molar-refractivity contribution is 5.91. The van der Waals surface area contributed by atoms with Crippen LogP contribution in [-0.4, -0.2) is 21.9 Å². The van der Waals surface area contributed by atoms with Crippen molar-refractivity contribution in [1.82, 2.24) is 0 Å². The second-order valence-corrected chi connectivity index (χ2v) is 5.55. The van der Waals surface area contributed by atoms with E-state index in [1.807, 2.05) is 0 Å². The number of carbonyl (C=O) groups excluding carboxylic acids is 1. The summed E-state index contributed by atoms with van der Waals surface area (Å²) in [7, 11) is 0. The van der Waals surface area contributed by atoms with Gasteiger partial charge in [-0.2, -0.15) is 0 Å². The van der Waals surface area contributed by atoms with E-state index >= 15 is 0 Å². The van der Waals surface area contributed by atoms with Gasteiger partial charge in [-0.1, -0.05) is 13.3 Å². The van der Waals surface area contributed by atoms with Gasteiger partial charge in [0.1, 0.15) is 6.10 Å². The summed E-state index contributed by atoms with van der Waals surface area (Å²) in [6.07, 6.45) is 3.27. The second kappa shape index (κ2) is 6.50. The van der Waals surface area contributed by atoms with Gasteiger partial charge in [0.2, 0.25) is 0 Å². The molecule has 2 rings (SSSR count). The maximum atomic E-state index is 12.1. The summed E-state index contributed by atoms with van der Waals surface area (Å²) in [6, 6.07) is 2.82. The van der Waals surface area contributed by atoms with Crippen molar-refractivity contribution in [3.8, 4) is 0 Å². The molecule has 0 amide bonds. The van der Waals surface area contributed by atoms with Gasteiger partial charge in [0.05, 0.1) is 21.5 Å². The predicted molar refractivity (Wildman–Crippen MR) is 76.6 cm³/mol. The number of esters is 1. The Morgan fingerprint density at radius 1 is 1.14 bits per heavy atom. The van der Waals surface area contributed by atoms with Crippen LogP contribution in [0, 0.1) is 26.1 Å². The smallest absolute Gasteiger partial charge is 0.338 e. The first-order valence-corrected chi connectivity index (χ1v) is 7.01. The average molecular weight is 308 g/mol. The Balaban J connectivity index is 2.21. The van der Waals surface area contributed by atoms with Crippen molar-refractivity contribution >= 4 is 17.3 Å². The number of hydrogen-bond donors (Lipinski definition) is 0. The van der Waals surface area contributed by atoms with Crippen molar-refractivity contribution in [1.29, 1.82) is 0 Å². The molecule has 0 saturated heterocycles. The molecule has 8 heteroatoms. The molecule has 118 valence electrons. The third-order valence-corrected chi connectivity index (χ3v) is 3.72. The van der Waals surface area contributed by atoms with Crippen LogP contribution in [0.3, 0.4) is 0 Å². The van der Waals surface area contributed by atoms with Crippen LogP contribution in [0.5, 0.6) is 0 Å². The molecule has 1 aliphatic carbocycles. The van der Waals surface area contributed by atoms with Crippen molar-refractivity contribution in [2.45, 2.75) is 38.7 Å². The van der Waals surface area contributed by atoms with E-state index in [0.717, 1.165) is 43.9 Å². The first-order valence-electron chi connectivity index (χ1n) is 7.01. The van der Waals surface area contributed by atoms with Crippen LogP contribution in [0.4, 0.5) is 11.4 Å². The van der Waals surface area contributed by atoms with E-state index in [-0.39, 0.29) is 11.7 Å². The number of carbonyl (C=O) groups is 1. The molecular weight excluding hydrogens is 292 g/mol. The van der Waals surface area contributed by atoms with Crippen molar-refractivity contribution in [3.05, 3.63) is 44.0 Å². The van der Waals surface area contributed by atoms with Gasteiger partial charge in [0.25, 0.3) is 11.4 Å². The lowest BCUT2D eigenvalue weighted by Crippen LogP contribution is -2.24. The molecule has 1 aliphatic rings. The standard InChI is InChI=1S/C14H16N2O6/c1-9-3-2-4-13(5-9)22-14(17)10-6-11(15(18)19)8-12(7-10)16(20)21/h6-9,13H,2-5H2,1H3/t9-,13+/m1/s1. The van der Waals surface area contributed by atoms with Gasteiger partial charge in [0, 0.05) is 12.1 Å². The first-order chi connectivity index (χ1) is 10.4.